The van der Waals surface area contributed by atoms with Crippen LogP contribution in [0.15, 0.2) is 0 Å². The average molecular weight is 359 g/mol. The largest absolute Gasteiger partial charge is 0.381 e. The minimum absolute atomic E-state index is 0.134. The first kappa shape index (κ1) is 24.9. The molecular formula is C23H47FO. The van der Waals surface area contributed by atoms with E-state index < -0.39 is 0 Å². The molecule has 152 valence electrons. The van der Waals surface area contributed by atoms with Crippen molar-refractivity contribution < 1.29 is 9.13 Å². The van der Waals surface area contributed by atoms with Crippen molar-refractivity contribution in [3.63, 3.8) is 0 Å². The quantitative estimate of drug-likeness (QED) is 0.211. The van der Waals surface area contributed by atoms with Crippen molar-refractivity contribution in [1.82, 2.24) is 0 Å². The van der Waals surface area contributed by atoms with Crippen LogP contribution < -0.4 is 0 Å². The van der Waals surface area contributed by atoms with Crippen LogP contribution in [0, 0.1) is 5.41 Å². The van der Waals surface area contributed by atoms with E-state index in [0.29, 0.717) is 5.41 Å². The predicted molar refractivity (Wildman–Crippen MR) is 110 cm³/mol. The second kappa shape index (κ2) is 18.7. The lowest BCUT2D eigenvalue weighted by molar-refractivity contribution is 0.105. The zero-order valence-corrected chi connectivity index (χ0v) is 17.7. The summed E-state index contributed by atoms with van der Waals surface area (Å²) in [7, 11) is 0. The Labute approximate surface area is 158 Å². The molecule has 0 radical (unpaired) electrons. The minimum atomic E-state index is -0.134. The van der Waals surface area contributed by atoms with Gasteiger partial charge in [0.1, 0.15) is 0 Å². The van der Waals surface area contributed by atoms with Gasteiger partial charge in [-0.15, -0.1) is 0 Å². The van der Waals surface area contributed by atoms with Gasteiger partial charge in [0.25, 0.3) is 0 Å². The fourth-order valence-corrected chi connectivity index (χ4v) is 3.08. The topological polar surface area (TPSA) is 9.23 Å². The van der Waals surface area contributed by atoms with Crippen LogP contribution >= 0.6 is 0 Å². The first-order valence-corrected chi connectivity index (χ1v) is 11.2. The summed E-state index contributed by atoms with van der Waals surface area (Å²) < 4.78 is 17.6. The van der Waals surface area contributed by atoms with E-state index in [2.05, 4.69) is 20.8 Å². The average Bonchev–Trinajstić information content (AvgIpc) is 2.56. The monoisotopic (exact) mass is 358 g/mol. The van der Waals surface area contributed by atoms with Crippen molar-refractivity contribution in [3.8, 4) is 0 Å². The van der Waals surface area contributed by atoms with Gasteiger partial charge >= 0.3 is 0 Å². The van der Waals surface area contributed by atoms with Crippen LogP contribution in [0.5, 0.6) is 0 Å². The van der Waals surface area contributed by atoms with Crippen LogP contribution in [0.2, 0.25) is 0 Å². The first-order chi connectivity index (χ1) is 12.1. The van der Waals surface area contributed by atoms with Gasteiger partial charge in [-0.1, -0.05) is 104 Å². The molecule has 0 amide bonds. The summed E-state index contributed by atoms with van der Waals surface area (Å²) in [6, 6.07) is 0. The summed E-state index contributed by atoms with van der Waals surface area (Å²) in [5.74, 6) is 0. The lowest BCUT2D eigenvalue weighted by Crippen LogP contribution is -2.09. The number of alkyl halides is 1. The SMILES string of the molecule is CC(C)(C)CCOCCCCCCCCCCCCCCCCCF. The molecule has 0 saturated carbocycles. The molecule has 2 heteroatoms. The summed E-state index contributed by atoms with van der Waals surface area (Å²) in [6.45, 7) is 8.55. The number of ether oxygens (including phenoxy) is 1. The van der Waals surface area contributed by atoms with Gasteiger partial charge in [-0.05, 0) is 24.7 Å². The highest BCUT2D eigenvalue weighted by molar-refractivity contribution is 4.59. The number of halogens is 1. The van der Waals surface area contributed by atoms with E-state index in [9.17, 15) is 4.39 Å². The van der Waals surface area contributed by atoms with Gasteiger partial charge in [0.05, 0.1) is 6.67 Å². The molecule has 25 heavy (non-hydrogen) atoms. The van der Waals surface area contributed by atoms with E-state index in [1.54, 1.807) is 0 Å². The van der Waals surface area contributed by atoms with E-state index in [-0.39, 0.29) is 6.67 Å². The number of hydrogen-bond donors (Lipinski definition) is 0. The lowest BCUT2D eigenvalue weighted by atomic mass is 9.93. The predicted octanol–water partition coefficient (Wildman–Crippen LogP) is 8.26. The Morgan fingerprint density at radius 1 is 0.520 bits per heavy atom. The number of hydrogen-bond acceptors (Lipinski definition) is 1. The van der Waals surface area contributed by atoms with Crippen LogP contribution in [0.3, 0.4) is 0 Å². The van der Waals surface area contributed by atoms with Crippen LogP contribution in [-0.4, -0.2) is 19.9 Å². The third kappa shape index (κ3) is 23.9. The highest BCUT2D eigenvalue weighted by Crippen LogP contribution is 2.18. The summed E-state index contributed by atoms with van der Waals surface area (Å²) in [5, 5.41) is 0. The fourth-order valence-electron chi connectivity index (χ4n) is 3.08. The van der Waals surface area contributed by atoms with Crippen LogP contribution in [-0.2, 0) is 4.74 Å². The second-order valence-corrected chi connectivity index (χ2v) is 8.92. The van der Waals surface area contributed by atoms with Crippen molar-refractivity contribution in [2.24, 2.45) is 5.41 Å². The fraction of sp³-hybridized carbons (Fsp3) is 1.00. The van der Waals surface area contributed by atoms with E-state index >= 15 is 0 Å². The Morgan fingerprint density at radius 2 is 0.880 bits per heavy atom. The Balaban J connectivity index is 3.01. The normalized spacial score (nSPS) is 12.0. The molecule has 0 heterocycles. The maximum Gasteiger partial charge on any atom is 0.0894 e. The van der Waals surface area contributed by atoms with Crippen molar-refractivity contribution in [1.29, 1.82) is 0 Å². The minimum Gasteiger partial charge on any atom is -0.381 e. The molecule has 0 aliphatic carbocycles. The summed E-state index contributed by atoms with van der Waals surface area (Å²) in [4.78, 5) is 0. The molecule has 0 N–H and O–H groups in total. The van der Waals surface area contributed by atoms with E-state index in [4.69, 9.17) is 4.74 Å². The van der Waals surface area contributed by atoms with Crippen LogP contribution in [0.1, 0.15) is 124 Å². The summed E-state index contributed by atoms with van der Waals surface area (Å²) in [5.41, 5.74) is 0.399. The zero-order valence-electron chi connectivity index (χ0n) is 17.7. The molecule has 0 atom stereocenters. The smallest absolute Gasteiger partial charge is 0.0894 e. The van der Waals surface area contributed by atoms with Gasteiger partial charge in [-0.3, -0.25) is 4.39 Å². The molecule has 0 aromatic rings. The highest BCUT2D eigenvalue weighted by Gasteiger charge is 2.08. The third-order valence-corrected chi connectivity index (χ3v) is 4.92. The van der Waals surface area contributed by atoms with Crippen LogP contribution in [0.25, 0.3) is 0 Å². The van der Waals surface area contributed by atoms with Crippen molar-refractivity contribution in [2.75, 3.05) is 19.9 Å². The van der Waals surface area contributed by atoms with E-state index in [1.165, 1.54) is 83.5 Å². The number of unbranched alkanes of at least 4 members (excludes halogenated alkanes) is 14. The third-order valence-electron chi connectivity index (χ3n) is 4.92. The molecule has 0 bridgehead atoms. The Morgan fingerprint density at radius 3 is 1.24 bits per heavy atom. The standard InChI is InChI=1S/C23H47FO/c1-23(2,3)19-22-25-21-18-16-14-12-10-8-6-4-5-7-9-11-13-15-17-20-24/h4-22H2,1-3H3. The Kier molecular flexibility index (Phi) is 18.6. The molecule has 0 spiro atoms. The molecule has 0 aromatic heterocycles. The van der Waals surface area contributed by atoms with Gasteiger partial charge in [0, 0.05) is 13.2 Å². The Bertz CT molecular complexity index is 247. The maximum atomic E-state index is 11.9. The summed E-state index contributed by atoms with van der Waals surface area (Å²) in [6.07, 6.45) is 20.7. The van der Waals surface area contributed by atoms with E-state index in [0.717, 1.165) is 32.5 Å². The van der Waals surface area contributed by atoms with Gasteiger partial charge in [0.2, 0.25) is 0 Å². The van der Waals surface area contributed by atoms with E-state index in [1.807, 2.05) is 0 Å². The molecular weight excluding hydrogens is 311 g/mol. The Hall–Kier alpha value is -0.110. The summed E-state index contributed by atoms with van der Waals surface area (Å²) >= 11 is 0. The molecule has 0 fully saturated rings. The van der Waals surface area contributed by atoms with Gasteiger partial charge in [0.15, 0.2) is 0 Å². The molecule has 0 aliphatic heterocycles. The molecule has 0 aromatic carbocycles. The molecule has 0 rings (SSSR count). The zero-order chi connectivity index (χ0) is 18.6. The van der Waals surface area contributed by atoms with Crippen molar-refractivity contribution in [2.45, 2.75) is 124 Å². The second-order valence-electron chi connectivity index (χ2n) is 8.92. The maximum absolute atomic E-state index is 11.9. The van der Waals surface area contributed by atoms with Crippen LogP contribution in [0.4, 0.5) is 4.39 Å². The van der Waals surface area contributed by atoms with Crippen molar-refractivity contribution in [3.05, 3.63) is 0 Å². The molecule has 1 nitrogen and oxygen atoms in total. The molecule has 0 unspecified atom stereocenters. The lowest BCUT2D eigenvalue weighted by Gasteiger charge is -2.17. The number of rotatable bonds is 19. The molecule has 0 aliphatic rings. The molecule has 0 saturated heterocycles. The van der Waals surface area contributed by atoms with Gasteiger partial charge in [-0.2, -0.15) is 0 Å². The highest BCUT2D eigenvalue weighted by atomic mass is 19.1. The van der Waals surface area contributed by atoms with Gasteiger partial charge < -0.3 is 4.74 Å². The van der Waals surface area contributed by atoms with Gasteiger partial charge in [-0.25, -0.2) is 0 Å². The van der Waals surface area contributed by atoms with Crippen molar-refractivity contribution >= 4 is 0 Å². The first-order valence-electron chi connectivity index (χ1n) is 11.2.